The minimum atomic E-state index is 0.228. The summed E-state index contributed by atoms with van der Waals surface area (Å²) in [6.45, 7) is 4.39. The molecule has 0 saturated heterocycles. The standard InChI is InChI=1S/C13H25N3S/c1-4-6-7-8-17-13(12(14)5-2)11-9-15-16(3)10-11/h9-10,12-13H,4-8,14H2,1-3H3. The highest BCUT2D eigenvalue weighted by Gasteiger charge is 2.20. The van der Waals surface area contributed by atoms with Crippen molar-refractivity contribution in [3.63, 3.8) is 0 Å². The molecular formula is C13H25N3S. The molecule has 0 fully saturated rings. The van der Waals surface area contributed by atoms with Gasteiger partial charge in [-0.1, -0.05) is 26.7 Å². The number of unbranched alkanes of at least 4 members (excludes halogenated alkanes) is 2. The molecule has 0 bridgehead atoms. The van der Waals surface area contributed by atoms with E-state index in [1.807, 2.05) is 29.7 Å². The molecule has 0 aliphatic heterocycles. The molecule has 0 saturated carbocycles. The highest BCUT2D eigenvalue weighted by Crippen LogP contribution is 2.32. The molecule has 3 nitrogen and oxygen atoms in total. The zero-order chi connectivity index (χ0) is 12.7. The molecule has 2 N–H and O–H groups in total. The largest absolute Gasteiger partial charge is 0.326 e. The first-order chi connectivity index (χ1) is 8.19. The van der Waals surface area contributed by atoms with Crippen LogP contribution in [0.15, 0.2) is 12.4 Å². The SMILES string of the molecule is CCCCCSC(c1cnn(C)c1)C(N)CC. The predicted molar refractivity (Wildman–Crippen MR) is 76.2 cm³/mol. The average Bonchev–Trinajstić information content (AvgIpc) is 2.75. The Bertz CT molecular complexity index is 311. The van der Waals surface area contributed by atoms with Crippen molar-refractivity contribution < 1.29 is 0 Å². The molecule has 1 rings (SSSR count). The van der Waals surface area contributed by atoms with Crippen LogP contribution >= 0.6 is 11.8 Å². The van der Waals surface area contributed by atoms with Gasteiger partial charge in [0.25, 0.3) is 0 Å². The molecule has 4 heteroatoms. The van der Waals surface area contributed by atoms with Crippen molar-refractivity contribution in [2.75, 3.05) is 5.75 Å². The first-order valence-corrected chi connectivity index (χ1v) is 7.59. The highest BCUT2D eigenvalue weighted by molar-refractivity contribution is 7.99. The Morgan fingerprint density at radius 1 is 1.41 bits per heavy atom. The van der Waals surface area contributed by atoms with E-state index in [-0.39, 0.29) is 6.04 Å². The molecule has 0 aliphatic rings. The average molecular weight is 255 g/mol. The van der Waals surface area contributed by atoms with Gasteiger partial charge in [0.15, 0.2) is 0 Å². The predicted octanol–water partition coefficient (Wildman–Crippen LogP) is 3.12. The van der Waals surface area contributed by atoms with Gasteiger partial charge in [0.05, 0.1) is 6.20 Å². The molecule has 1 aromatic heterocycles. The van der Waals surface area contributed by atoms with Gasteiger partial charge in [-0.3, -0.25) is 4.68 Å². The quantitative estimate of drug-likeness (QED) is 0.726. The summed E-state index contributed by atoms with van der Waals surface area (Å²) in [6.07, 6.45) is 8.93. The first kappa shape index (κ1) is 14.6. The van der Waals surface area contributed by atoms with Gasteiger partial charge in [-0.2, -0.15) is 16.9 Å². The maximum Gasteiger partial charge on any atom is 0.0533 e. The number of hydrogen-bond donors (Lipinski definition) is 1. The first-order valence-electron chi connectivity index (χ1n) is 6.54. The monoisotopic (exact) mass is 255 g/mol. The minimum Gasteiger partial charge on any atom is -0.326 e. The number of hydrogen-bond acceptors (Lipinski definition) is 3. The number of nitrogens with two attached hydrogens (primary N) is 1. The van der Waals surface area contributed by atoms with Crippen LogP contribution in [0.1, 0.15) is 50.3 Å². The van der Waals surface area contributed by atoms with Crippen molar-refractivity contribution in [1.29, 1.82) is 0 Å². The normalized spacial score (nSPS) is 14.8. The molecule has 17 heavy (non-hydrogen) atoms. The van der Waals surface area contributed by atoms with E-state index in [1.54, 1.807) is 0 Å². The van der Waals surface area contributed by atoms with Crippen LogP contribution in [-0.4, -0.2) is 21.6 Å². The van der Waals surface area contributed by atoms with Crippen molar-refractivity contribution in [2.24, 2.45) is 12.8 Å². The van der Waals surface area contributed by atoms with E-state index in [9.17, 15) is 0 Å². The molecule has 0 amide bonds. The summed E-state index contributed by atoms with van der Waals surface area (Å²) in [4.78, 5) is 0. The molecule has 1 heterocycles. The Hall–Kier alpha value is -0.480. The fourth-order valence-corrected chi connectivity index (χ4v) is 3.21. The summed E-state index contributed by atoms with van der Waals surface area (Å²) in [7, 11) is 1.96. The van der Waals surface area contributed by atoms with Crippen molar-refractivity contribution in [2.45, 2.75) is 50.8 Å². The molecule has 0 aromatic carbocycles. The second-order valence-corrected chi connectivity index (χ2v) is 5.77. The third-order valence-electron chi connectivity index (χ3n) is 2.96. The second kappa shape index (κ2) is 7.77. The Kier molecular flexibility index (Phi) is 6.66. The maximum absolute atomic E-state index is 6.22. The molecule has 0 aliphatic carbocycles. The summed E-state index contributed by atoms with van der Waals surface area (Å²) in [5.41, 5.74) is 7.48. The lowest BCUT2D eigenvalue weighted by Gasteiger charge is -2.21. The van der Waals surface area contributed by atoms with E-state index in [4.69, 9.17) is 5.73 Å². The molecule has 2 atom stereocenters. The van der Waals surface area contributed by atoms with Crippen molar-refractivity contribution in [1.82, 2.24) is 9.78 Å². The van der Waals surface area contributed by atoms with Crippen molar-refractivity contribution in [3.8, 4) is 0 Å². The number of aromatic nitrogens is 2. The molecule has 0 spiro atoms. The van der Waals surface area contributed by atoms with Crippen LogP contribution < -0.4 is 5.73 Å². The number of thioether (sulfide) groups is 1. The van der Waals surface area contributed by atoms with Crippen LogP contribution in [-0.2, 0) is 7.05 Å². The summed E-state index contributed by atoms with van der Waals surface area (Å²) in [6, 6.07) is 0.228. The van der Waals surface area contributed by atoms with E-state index in [0.717, 1.165) is 6.42 Å². The van der Waals surface area contributed by atoms with Gasteiger partial charge in [0.2, 0.25) is 0 Å². The Labute approximate surface area is 109 Å². The minimum absolute atomic E-state index is 0.228. The summed E-state index contributed by atoms with van der Waals surface area (Å²) < 4.78 is 1.86. The lowest BCUT2D eigenvalue weighted by molar-refractivity contribution is 0.632. The van der Waals surface area contributed by atoms with Gasteiger partial charge in [-0.15, -0.1) is 0 Å². The highest BCUT2D eigenvalue weighted by atomic mass is 32.2. The molecule has 2 unspecified atom stereocenters. The zero-order valence-electron chi connectivity index (χ0n) is 11.2. The van der Waals surface area contributed by atoms with Crippen molar-refractivity contribution in [3.05, 3.63) is 18.0 Å². The van der Waals surface area contributed by atoms with E-state index < -0.39 is 0 Å². The van der Waals surface area contributed by atoms with E-state index >= 15 is 0 Å². The van der Waals surface area contributed by atoms with Gasteiger partial charge in [0.1, 0.15) is 0 Å². The van der Waals surface area contributed by atoms with Gasteiger partial charge in [0, 0.05) is 30.1 Å². The van der Waals surface area contributed by atoms with E-state index in [1.165, 1.54) is 30.6 Å². The lowest BCUT2D eigenvalue weighted by atomic mass is 10.1. The third kappa shape index (κ3) is 4.72. The lowest BCUT2D eigenvalue weighted by Crippen LogP contribution is -2.25. The molecule has 0 radical (unpaired) electrons. The van der Waals surface area contributed by atoms with Gasteiger partial charge in [-0.25, -0.2) is 0 Å². The number of rotatable bonds is 8. The fraction of sp³-hybridized carbons (Fsp3) is 0.769. The summed E-state index contributed by atoms with van der Waals surface area (Å²) in [5.74, 6) is 1.20. The number of nitrogens with zero attached hydrogens (tertiary/aromatic N) is 2. The maximum atomic E-state index is 6.22. The van der Waals surface area contributed by atoms with Gasteiger partial charge in [-0.05, 0) is 18.6 Å². The van der Waals surface area contributed by atoms with Crippen LogP contribution in [0.4, 0.5) is 0 Å². The number of aryl methyl sites for hydroxylation is 1. The topological polar surface area (TPSA) is 43.8 Å². The Morgan fingerprint density at radius 3 is 2.71 bits per heavy atom. The van der Waals surface area contributed by atoms with E-state index in [2.05, 4.69) is 25.1 Å². The fourth-order valence-electron chi connectivity index (χ4n) is 1.83. The molecular weight excluding hydrogens is 230 g/mol. The Morgan fingerprint density at radius 2 is 2.18 bits per heavy atom. The van der Waals surface area contributed by atoms with Crippen molar-refractivity contribution >= 4 is 11.8 Å². The summed E-state index contributed by atoms with van der Waals surface area (Å²) in [5, 5.41) is 4.64. The van der Waals surface area contributed by atoms with Gasteiger partial charge < -0.3 is 5.73 Å². The second-order valence-electron chi connectivity index (χ2n) is 4.52. The third-order valence-corrected chi connectivity index (χ3v) is 4.46. The zero-order valence-corrected chi connectivity index (χ0v) is 12.0. The van der Waals surface area contributed by atoms with Crippen LogP contribution in [0.25, 0.3) is 0 Å². The molecule has 1 aromatic rings. The van der Waals surface area contributed by atoms with Crippen LogP contribution in [0.3, 0.4) is 0 Å². The van der Waals surface area contributed by atoms with Crippen LogP contribution in [0.2, 0.25) is 0 Å². The smallest absolute Gasteiger partial charge is 0.0533 e. The summed E-state index contributed by atoms with van der Waals surface area (Å²) >= 11 is 1.98. The van der Waals surface area contributed by atoms with Crippen LogP contribution in [0, 0.1) is 0 Å². The van der Waals surface area contributed by atoms with Crippen LogP contribution in [0.5, 0.6) is 0 Å². The molecule has 98 valence electrons. The van der Waals surface area contributed by atoms with E-state index in [0.29, 0.717) is 5.25 Å². The van der Waals surface area contributed by atoms with Gasteiger partial charge >= 0.3 is 0 Å². The Balaban J connectivity index is 2.55.